The Morgan fingerprint density at radius 2 is 2.22 bits per heavy atom. The maximum atomic E-state index is 13.1. The third-order valence-electron chi connectivity index (χ3n) is 4.53. The van der Waals surface area contributed by atoms with Crippen molar-refractivity contribution in [2.24, 2.45) is 0 Å². The van der Waals surface area contributed by atoms with Gasteiger partial charge >= 0.3 is 0 Å². The number of carbonyl (C=O) groups excluding carboxylic acids is 1. The van der Waals surface area contributed by atoms with Crippen molar-refractivity contribution in [2.75, 3.05) is 13.2 Å². The van der Waals surface area contributed by atoms with E-state index >= 15 is 0 Å². The number of nitrogens with zero attached hydrogens (tertiary/aromatic N) is 3. The molecule has 0 aliphatic carbocycles. The highest BCUT2D eigenvalue weighted by Gasteiger charge is 2.29. The second-order valence-corrected chi connectivity index (χ2v) is 6.90. The van der Waals surface area contributed by atoms with Crippen LogP contribution in [0.2, 0.25) is 0 Å². The zero-order valence-corrected chi connectivity index (χ0v) is 14.8. The molecule has 0 bridgehead atoms. The van der Waals surface area contributed by atoms with Crippen molar-refractivity contribution in [3.05, 3.63) is 16.8 Å². The van der Waals surface area contributed by atoms with E-state index in [1.54, 1.807) is 0 Å². The number of carbonyl (C=O) groups is 1. The highest BCUT2D eigenvalue weighted by atomic mass is 32.1. The van der Waals surface area contributed by atoms with Gasteiger partial charge in [0, 0.05) is 12.6 Å². The molecular formula is C17H23N3O2S. The van der Waals surface area contributed by atoms with Gasteiger partial charge in [-0.3, -0.25) is 4.79 Å². The summed E-state index contributed by atoms with van der Waals surface area (Å²) in [6.07, 6.45) is 5.94. The second kappa shape index (κ2) is 6.83. The number of ether oxygens (including phenoxy) is 1. The summed E-state index contributed by atoms with van der Waals surface area (Å²) < 4.78 is 5.61. The number of hydrogen-bond acceptors (Lipinski definition) is 5. The summed E-state index contributed by atoms with van der Waals surface area (Å²) in [5.74, 6) is 0.718. The number of aryl methyl sites for hydroxylation is 1. The Kier molecular flexibility index (Phi) is 4.80. The number of aromatic nitrogens is 2. The molecule has 5 nitrogen and oxygen atoms in total. The number of rotatable bonds is 4. The minimum atomic E-state index is 0.138. The van der Waals surface area contributed by atoms with E-state index in [0.29, 0.717) is 18.5 Å². The average Bonchev–Trinajstić information content (AvgIpc) is 2.92. The van der Waals surface area contributed by atoms with Crippen LogP contribution in [0.4, 0.5) is 0 Å². The van der Waals surface area contributed by atoms with Crippen LogP contribution >= 0.6 is 11.3 Å². The third kappa shape index (κ3) is 2.92. The van der Waals surface area contributed by atoms with Crippen LogP contribution in [-0.4, -0.2) is 40.0 Å². The average molecular weight is 333 g/mol. The van der Waals surface area contributed by atoms with Crippen molar-refractivity contribution >= 4 is 27.5 Å². The summed E-state index contributed by atoms with van der Waals surface area (Å²) in [5, 5.41) is 0.882. The lowest BCUT2D eigenvalue weighted by atomic mass is 9.99. The van der Waals surface area contributed by atoms with E-state index in [2.05, 4.69) is 21.8 Å². The van der Waals surface area contributed by atoms with Crippen LogP contribution in [0.15, 0.2) is 6.33 Å². The molecule has 0 radical (unpaired) electrons. The molecule has 2 aromatic heterocycles. The van der Waals surface area contributed by atoms with Crippen molar-refractivity contribution in [1.29, 1.82) is 0 Å². The molecule has 1 unspecified atom stereocenters. The van der Waals surface area contributed by atoms with Gasteiger partial charge in [0.2, 0.25) is 5.88 Å². The van der Waals surface area contributed by atoms with E-state index < -0.39 is 0 Å². The molecule has 0 aromatic carbocycles. The number of hydrogen-bond donors (Lipinski definition) is 0. The molecule has 124 valence electrons. The number of amides is 1. The van der Waals surface area contributed by atoms with E-state index in [1.807, 2.05) is 13.8 Å². The fraction of sp³-hybridized carbons (Fsp3) is 0.588. The topological polar surface area (TPSA) is 55.3 Å². The Hall–Kier alpha value is -1.69. The Morgan fingerprint density at radius 3 is 2.96 bits per heavy atom. The van der Waals surface area contributed by atoms with E-state index in [0.717, 1.165) is 46.5 Å². The summed E-state index contributed by atoms with van der Waals surface area (Å²) >= 11 is 1.46. The van der Waals surface area contributed by atoms with Gasteiger partial charge in [-0.15, -0.1) is 11.3 Å². The van der Waals surface area contributed by atoms with Gasteiger partial charge in [0.05, 0.1) is 16.9 Å². The fourth-order valence-corrected chi connectivity index (χ4v) is 4.41. The van der Waals surface area contributed by atoms with Crippen molar-refractivity contribution < 1.29 is 9.53 Å². The first-order valence-electron chi connectivity index (χ1n) is 8.35. The van der Waals surface area contributed by atoms with Gasteiger partial charge in [0.15, 0.2) is 0 Å². The monoisotopic (exact) mass is 333 g/mol. The smallest absolute Gasteiger partial charge is 0.264 e. The van der Waals surface area contributed by atoms with Crippen LogP contribution in [0, 0.1) is 6.92 Å². The van der Waals surface area contributed by atoms with Crippen LogP contribution in [-0.2, 0) is 0 Å². The first-order chi connectivity index (χ1) is 11.2. The Morgan fingerprint density at radius 1 is 1.39 bits per heavy atom. The molecule has 1 saturated heterocycles. The molecule has 0 spiro atoms. The minimum Gasteiger partial charge on any atom is -0.477 e. The van der Waals surface area contributed by atoms with Gasteiger partial charge in [-0.2, -0.15) is 0 Å². The maximum absolute atomic E-state index is 13.1. The number of piperidine rings is 1. The van der Waals surface area contributed by atoms with E-state index in [9.17, 15) is 4.79 Å². The Balaban J connectivity index is 2.01. The molecule has 1 fully saturated rings. The molecule has 1 amide bonds. The van der Waals surface area contributed by atoms with Crippen LogP contribution in [0.3, 0.4) is 0 Å². The predicted octanol–water partition coefficient (Wildman–Crippen LogP) is 3.80. The van der Waals surface area contributed by atoms with Crippen molar-refractivity contribution in [1.82, 2.24) is 14.9 Å². The molecule has 3 rings (SSSR count). The van der Waals surface area contributed by atoms with Gasteiger partial charge < -0.3 is 9.64 Å². The molecule has 0 saturated carbocycles. The maximum Gasteiger partial charge on any atom is 0.264 e. The largest absolute Gasteiger partial charge is 0.477 e. The molecular weight excluding hydrogens is 310 g/mol. The molecule has 1 aliphatic heterocycles. The Labute approximate surface area is 140 Å². The second-order valence-electron chi connectivity index (χ2n) is 5.90. The summed E-state index contributed by atoms with van der Waals surface area (Å²) in [7, 11) is 0. The van der Waals surface area contributed by atoms with Crippen LogP contribution in [0.25, 0.3) is 10.2 Å². The minimum absolute atomic E-state index is 0.138. The molecule has 1 atom stereocenters. The highest BCUT2D eigenvalue weighted by Crippen LogP contribution is 2.36. The molecule has 1 aliphatic rings. The lowest BCUT2D eigenvalue weighted by Crippen LogP contribution is -2.43. The highest BCUT2D eigenvalue weighted by molar-refractivity contribution is 7.20. The fourth-order valence-electron chi connectivity index (χ4n) is 3.31. The zero-order valence-electron chi connectivity index (χ0n) is 14.0. The lowest BCUT2D eigenvalue weighted by Gasteiger charge is -2.35. The van der Waals surface area contributed by atoms with Gasteiger partial charge in [0.1, 0.15) is 11.2 Å². The molecule has 23 heavy (non-hydrogen) atoms. The molecule has 0 N–H and O–H groups in total. The molecule has 3 heterocycles. The summed E-state index contributed by atoms with van der Waals surface area (Å²) in [6, 6.07) is 0.360. The van der Waals surface area contributed by atoms with Gasteiger partial charge in [-0.05, 0) is 45.1 Å². The van der Waals surface area contributed by atoms with Crippen molar-refractivity contribution in [3.8, 4) is 5.88 Å². The SMILES string of the molecule is CCOc1ncnc2sc(C(=O)N3CCCCC3CC)c(C)c12. The van der Waals surface area contributed by atoms with E-state index in [1.165, 1.54) is 24.1 Å². The standard InChI is InChI=1S/C17H23N3O2S/c1-4-12-8-6-7-9-20(12)17(21)14-11(3)13-15(22-5-2)18-10-19-16(13)23-14/h10,12H,4-9H2,1-3H3. The van der Waals surface area contributed by atoms with Gasteiger partial charge in [0.25, 0.3) is 5.91 Å². The first kappa shape index (κ1) is 16.2. The number of likely N-dealkylation sites (tertiary alicyclic amines) is 1. The van der Waals surface area contributed by atoms with Crippen LogP contribution < -0.4 is 4.74 Å². The lowest BCUT2D eigenvalue weighted by molar-refractivity contribution is 0.0612. The number of thiophene rings is 1. The summed E-state index contributed by atoms with van der Waals surface area (Å²) in [6.45, 7) is 7.47. The van der Waals surface area contributed by atoms with Crippen molar-refractivity contribution in [2.45, 2.75) is 52.5 Å². The van der Waals surface area contributed by atoms with E-state index in [4.69, 9.17) is 4.74 Å². The van der Waals surface area contributed by atoms with Gasteiger partial charge in [-0.1, -0.05) is 6.92 Å². The normalized spacial score (nSPS) is 18.4. The molecule has 2 aromatic rings. The van der Waals surface area contributed by atoms with Crippen LogP contribution in [0.5, 0.6) is 5.88 Å². The Bertz CT molecular complexity index is 713. The van der Waals surface area contributed by atoms with Crippen molar-refractivity contribution in [3.63, 3.8) is 0 Å². The third-order valence-corrected chi connectivity index (χ3v) is 5.71. The summed E-state index contributed by atoms with van der Waals surface area (Å²) in [5.41, 5.74) is 0.944. The first-order valence-corrected chi connectivity index (χ1v) is 9.16. The quantitative estimate of drug-likeness (QED) is 0.854. The zero-order chi connectivity index (χ0) is 16.4. The summed E-state index contributed by atoms with van der Waals surface area (Å²) in [4.78, 5) is 25.3. The number of fused-ring (bicyclic) bond motifs is 1. The van der Waals surface area contributed by atoms with E-state index in [-0.39, 0.29) is 5.91 Å². The molecule has 6 heteroatoms. The predicted molar refractivity (Wildman–Crippen MR) is 92.3 cm³/mol. The van der Waals surface area contributed by atoms with Crippen LogP contribution in [0.1, 0.15) is 54.8 Å². The van der Waals surface area contributed by atoms with Gasteiger partial charge in [-0.25, -0.2) is 9.97 Å².